The van der Waals surface area contributed by atoms with Crippen molar-refractivity contribution in [2.24, 2.45) is 5.18 Å². The van der Waals surface area contributed by atoms with Gasteiger partial charge in [0.15, 0.2) is 0 Å². The number of nitrogen functional groups attached to an aromatic ring is 1. The normalized spacial score (nSPS) is 10.6. The monoisotopic (exact) mass is 291 g/mol. The van der Waals surface area contributed by atoms with E-state index in [4.69, 9.17) is 5.73 Å². The van der Waals surface area contributed by atoms with E-state index in [-0.39, 0.29) is 11.8 Å². The summed E-state index contributed by atoms with van der Waals surface area (Å²) >= 11 is 1.11. The molecule has 0 unspecified atom stereocenters. The lowest BCUT2D eigenvalue weighted by atomic mass is 10.1. The molecule has 2 aromatic rings. The summed E-state index contributed by atoms with van der Waals surface area (Å²) in [5, 5.41) is 6.48. The summed E-state index contributed by atoms with van der Waals surface area (Å²) in [5.41, 5.74) is 7.25. The number of carbonyl (C=O) groups excluding carboxylic acids is 1. The first kappa shape index (κ1) is 14.1. The highest BCUT2D eigenvalue weighted by Crippen LogP contribution is 2.32. The molecule has 0 fully saturated rings. The van der Waals surface area contributed by atoms with E-state index < -0.39 is 0 Å². The van der Waals surface area contributed by atoms with Gasteiger partial charge in [-0.05, 0) is 28.6 Å². The van der Waals surface area contributed by atoms with Gasteiger partial charge in [-0.1, -0.05) is 26.0 Å². The minimum Gasteiger partial charge on any atom is -0.398 e. The van der Waals surface area contributed by atoms with Gasteiger partial charge in [0, 0.05) is 11.6 Å². The predicted molar refractivity (Wildman–Crippen MR) is 79.2 cm³/mol. The Labute approximate surface area is 120 Å². The van der Waals surface area contributed by atoms with Crippen molar-refractivity contribution in [3.8, 4) is 0 Å². The Bertz CT molecular complexity index is 652. The molecule has 7 heteroatoms. The number of aromatic nitrogens is 1. The zero-order valence-electron chi connectivity index (χ0n) is 11.1. The first-order valence-corrected chi connectivity index (χ1v) is 6.89. The van der Waals surface area contributed by atoms with Crippen LogP contribution in [0.5, 0.6) is 0 Å². The summed E-state index contributed by atoms with van der Waals surface area (Å²) in [7, 11) is 0. The number of thiazole rings is 1. The van der Waals surface area contributed by atoms with E-state index in [2.05, 4.69) is 15.5 Å². The van der Waals surface area contributed by atoms with Crippen LogP contribution >= 0.6 is 11.3 Å². The molecule has 1 aromatic carbocycles. The highest BCUT2D eigenvalue weighted by molar-refractivity contribution is 7.19. The van der Waals surface area contributed by atoms with Crippen molar-refractivity contribution in [2.45, 2.75) is 19.8 Å². The maximum absolute atomic E-state index is 12.1. The van der Waals surface area contributed by atoms with Gasteiger partial charge < -0.3 is 5.73 Å². The molecule has 0 spiro atoms. The SMILES string of the molecule is CC(C)c1[nH+]c(NC(=O)c2ccccc2N)sc1N=O. The first-order chi connectivity index (χ1) is 9.52. The third-order valence-electron chi connectivity index (χ3n) is 2.77. The number of rotatable bonds is 4. The summed E-state index contributed by atoms with van der Waals surface area (Å²) in [5.74, 6) is -0.209. The van der Waals surface area contributed by atoms with Gasteiger partial charge in [-0.3, -0.25) is 0 Å². The number of para-hydroxylation sites is 1. The topological polar surface area (TPSA) is 98.7 Å². The Balaban J connectivity index is 2.24. The lowest BCUT2D eigenvalue weighted by molar-refractivity contribution is -0.368. The Morgan fingerprint density at radius 1 is 1.40 bits per heavy atom. The lowest BCUT2D eigenvalue weighted by Crippen LogP contribution is -2.20. The molecule has 20 heavy (non-hydrogen) atoms. The number of nitrogens with one attached hydrogen (secondary N) is 2. The summed E-state index contributed by atoms with van der Waals surface area (Å²) in [6.07, 6.45) is 0. The zero-order chi connectivity index (χ0) is 14.7. The second kappa shape index (κ2) is 5.79. The molecule has 0 saturated carbocycles. The van der Waals surface area contributed by atoms with Crippen molar-refractivity contribution < 1.29 is 9.78 Å². The quantitative estimate of drug-likeness (QED) is 0.669. The molecule has 2 rings (SSSR count). The fourth-order valence-corrected chi connectivity index (χ4v) is 2.68. The van der Waals surface area contributed by atoms with Gasteiger partial charge in [-0.25, -0.2) is 9.78 Å². The van der Waals surface area contributed by atoms with Crippen LogP contribution in [0.4, 0.5) is 15.8 Å². The van der Waals surface area contributed by atoms with Crippen LogP contribution in [-0.2, 0) is 0 Å². The van der Waals surface area contributed by atoms with Crippen molar-refractivity contribution in [1.82, 2.24) is 0 Å². The van der Waals surface area contributed by atoms with Crippen LogP contribution in [0, 0.1) is 4.91 Å². The van der Waals surface area contributed by atoms with E-state index in [1.54, 1.807) is 24.3 Å². The summed E-state index contributed by atoms with van der Waals surface area (Å²) in [6, 6.07) is 6.79. The summed E-state index contributed by atoms with van der Waals surface area (Å²) in [6.45, 7) is 3.88. The first-order valence-electron chi connectivity index (χ1n) is 6.08. The molecule has 6 nitrogen and oxygen atoms in total. The Morgan fingerprint density at radius 2 is 2.10 bits per heavy atom. The van der Waals surface area contributed by atoms with E-state index in [1.165, 1.54) is 0 Å². The number of H-pyrrole nitrogens is 1. The number of hydrogen-bond donors (Lipinski definition) is 2. The van der Waals surface area contributed by atoms with Crippen LogP contribution in [-0.4, -0.2) is 5.91 Å². The molecule has 0 aliphatic carbocycles. The number of carbonyl (C=O) groups is 1. The van der Waals surface area contributed by atoms with Crippen LogP contribution in [0.15, 0.2) is 29.4 Å². The van der Waals surface area contributed by atoms with Gasteiger partial charge in [0.05, 0.1) is 5.56 Å². The average Bonchev–Trinajstić information content (AvgIpc) is 2.82. The smallest absolute Gasteiger partial charge is 0.341 e. The zero-order valence-corrected chi connectivity index (χ0v) is 12.0. The Hall–Kier alpha value is -2.28. The van der Waals surface area contributed by atoms with Gasteiger partial charge >= 0.3 is 11.0 Å². The number of hydrogen-bond acceptors (Lipinski definition) is 5. The van der Waals surface area contributed by atoms with Crippen molar-refractivity contribution >= 4 is 33.1 Å². The van der Waals surface area contributed by atoms with Crippen LogP contribution in [0.25, 0.3) is 0 Å². The summed E-state index contributed by atoms with van der Waals surface area (Å²) in [4.78, 5) is 25.9. The molecule has 104 valence electrons. The van der Waals surface area contributed by atoms with Crippen LogP contribution in [0.2, 0.25) is 0 Å². The number of nitroso groups, excluding NO2 is 1. The number of benzene rings is 1. The highest BCUT2D eigenvalue weighted by atomic mass is 32.1. The second-order valence-electron chi connectivity index (χ2n) is 4.56. The number of aromatic amines is 1. The predicted octanol–water partition coefficient (Wildman–Crippen LogP) is 2.92. The molecule has 0 atom stereocenters. The fraction of sp³-hybridized carbons (Fsp3) is 0.231. The summed E-state index contributed by atoms with van der Waals surface area (Å²) < 4.78 is 0. The van der Waals surface area contributed by atoms with Gasteiger partial charge in [0.1, 0.15) is 5.69 Å². The standard InChI is InChI=1S/C13H14N4O2S/c1-7(2)10-12(17-19)20-13(15-10)16-11(18)8-5-3-4-6-9(8)14/h3-7H,14H2,1-2H3,(H,15,16,18)/p+1. The van der Waals surface area contributed by atoms with Crippen molar-refractivity contribution in [2.75, 3.05) is 11.1 Å². The van der Waals surface area contributed by atoms with E-state index >= 15 is 0 Å². The largest absolute Gasteiger partial charge is 0.398 e. The fourth-order valence-electron chi connectivity index (χ4n) is 1.74. The molecule has 0 bridgehead atoms. The number of amides is 1. The molecular weight excluding hydrogens is 276 g/mol. The van der Waals surface area contributed by atoms with Gasteiger partial charge in [0.2, 0.25) is 5.00 Å². The average molecular weight is 291 g/mol. The van der Waals surface area contributed by atoms with Gasteiger partial charge in [0.25, 0.3) is 0 Å². The third kappa shape index (κ3) is 2.83. The van der Waals surface area contributed by atoms with Gasteiger partial charge in [-0.15, -0.1) is 4.91 Å². The lowest BCUT2D eigenvalue weighted by Gasteiger charge is -2.00. The van der Waals surface area contributed by atoms with Crippen LogP contribution < -0.4 is 16.0 Å². The maximum atomic E-state index is 12.1. The maximum Gasteiger partial charge on any atom is 0.341 e. The molecule has 1 amide bonds. The molecule has 1 heterocycles. The van der Waals surface area contributed by atoms with Crippen molar-refractivity contribution in [3.63, 3.8) is 0 Å². The minimum atomic E-state index is -0.326. The number of anilines is 2. The van der Waals surface area contributed by atoms with E-state index in [1.807, 2.05) is 13.8 Å². The molecule has 0 saturated heterocycles. The third-order valence-corrected chi connectivity index (χ3v) is 3.67. The van der Waals surface area contributed by atoms with Crippen LogP contribution in [0.1, 0.15) is 35.8 Å². The number of nitrogens with two attached hydrogens (primary N) is 1. The molecule has 0 aliphatic heterocycles. The molecular formula is C13H15N4O2S+. The minimum absolute atomic E-state index is 0.117. The van der Waals surface area contributed by atoms with E-state index in [0.29, 0.717) is 27.1 Å². The van der Waals surface area contributed by atoms with Gasteiger partial charge in [-0.2, -0.15) is 5.32 Å². The number of nitrogens with zero attached hydrogens (tertiary/aromatic N) is 1. The van der Waals surface area contributed by atoms with Crippen LogP contribution in [0.3, 0.4) is 0 Å². The molecule has 0 radical (unpaired) electrons. The van der Waals surface area contributed by atoms with E-state index in [9.17, 15) is 9.70 Å². The van der Waals surface area contributed by atoms with Crippen molar-refractivity contribution in [3.05, 3.63) is 40.4 Å². The Kier molecular flexibility index (Phi) is 4.09. The Morgan fingerprint density at radius 3 is 2.65 bits per heavy atom. The van der Waals surface area contributed by atoms with Crippen molar-refractivity contribution in [1.29, 1.82) is 0 Å². The second-order valence-corrected chi connectivity index (χ2v) is 5.56. The van der Waals surface area contributed by atoms with E-state index in [0.717, 1.165) is 11.3 Å². The molecule has 0 aliphatic rings. The molecule has 1 aromatic heterocycles. The highest BCUT2D eigenvalue weighted by Gasteiger charge is 2.23. The molecule has 4 N–H and O–H groups in total.